The molecule has 2 aromatic carbocycles. The minimum absolute atomic E-state index is 0.0944. The summed E-state index contributed by atoms with van der Waals surface area (Å²) < 4.78 is 0. The van der Waals surface area contributed by atoms with E-state index in [1.807, 2.05) is 41.3 Å². The minimum atomic E-state index is -0.755. The summed E-state index contributed by atoms with van der Waals surface area (Å²) in [6.45, 7) is 1.47. The number of amides is 1. The Balaban J connectivity index is 1.70. The van der Waals surface area contributed by atoms with Crippen LogP contribution in [0.2, 0.25) is 0 Å². The van der Waals surface area contributed by atoms with Gasteiger partial charge in [0.25, 0.3) is 0 Å². The lowest BCUT2D eigenvalue weighted by Gasteiger charge is -2.35. The van der Waals surface area contributed by atoms with E-state index >= 15 is 0 Å². The van der Waals surface area contributed by atoms with Crippen molar-refractivity contribution >= 4 is 11.9 Å². The number of hydrogen-bond acceptors (Lipinski definition) is 2. The van der Waals surface area contributed by atoms with Gasteiger partial charge in [0.2, 0.25) is 5.91 Å². The van der Waals surface area contributed by atoms with Crippen molar-refractivity contribution < 1.29 is 14.7 Å². The number of carboxylic acids is 1. The zero-order chi connectivity index (χ0) is 19.8. The summed E-state index contributed by atoms with van der Waals surface area (Å²) in [5.41, 5.74) is 2.35. The first kappa shape index (κ1) is 20.1. The van der Waals surface area contributed by atoms with Crippen molar-refractivity contribution in [2.24, 2.45) is 11.8 Å². The number of rotatable bonds is 8. The predicted molar refractivity (Wildman–Crippen MR) is 110 cm³/mol. The van der Waals surface area contributed by atoms with E-state index in [1.54, 1.807) is 0 Å². The van der Waals surface area contributed by atoms with E-state index in [-0.39, 0.29) is 18.2 Å². The van der Waals surface area contributed by atoms with Crippen LogP contribution in [0.25, 0.3) is 0 Å². The lowest BCUT2D eigenvalue weighted by atomic mass is 9.88. The molecule has 1 atom stereocenters. The molecule has 1 fully saturated rings. The second kappa shape index (κ2) is 10.1. The Morgan fingerprint density at radius 2 is 1.54 bits per heavy atom. The molecule has 2 aromatic rings. The van der Waals surface area contributed by atoms with E-state index in [0.717, 1.165) is 32.2 Å². The van der Waals surface area contributed by atoms with Gasteiger partial charge in [-0.1, -0.05) is 60.7 Å². The Morgan fingerprint density at radius 3 is 2.07 bits per heavy atom. The van der Waals surface area contributed by atoms with Gasteiger partial charge in [-0.2, -0.15) is 0 Å². The van der Waals surface area contributed by atoms with Crippen LogP contribution in [0.4, 0.5) is 0 Å². The number of carbonyl (C=O) groups is 2. The normalized spacial score (nSPS) is 16.9. The zero-order valence-electron chi connectivity index (χ0n) is 16.3. The highest BCUT2D eigenvalue weighted by atomic mass is 16.4. The Kier molecular flexibility index (Phi) is 7.24. The van der Waals surface area contributed by atoms with Gasteiger partial charge in [0.1, 0.15) is 0 Å². The van der Waals surface area contributed by atoms with Gasteiger partial charge in [-0.05, 0) is 49.1 Å². The highest BCUT2D eigenvalue weighted by molar-refractivity contribution is 5.79. The molecule has 0 bridgehead atoms. The molecule has 0 aliphatic carbocycles. The van der Waals surface area contributed by atoms with Gasteiger partial charge < -0.3 is 10.0 Å². The Morgan fingerprint density at radius 1 is 0.964 bits per heavy atom. The van der Waals surface area contributed by atoms with E-state index in [9.17, 15) is 9.59 Å². The summed E-state index contributed by atoms with van der Waals surface area (Å²) >= 11 is 0. The molecule has 0 spiro atoms. The van der Waals surface area contributed by atoms with Crippen molar-refractivity contribution in [3.8, 4) is 0 Å². The summed E-state index contributed by atoms with van der Waals surface area (Å²) in [6, 6.07) is 20.4. The third-order valence-corrected chi connectivity index (χ3v) is 5.60. The van der Waals surface area contributed by atoms with Gasteiger partial charge >= 0.3 is 5.97 Å². The molecular weight excluding hydrogens is 350 g/mol. The number of carboxylic acid groups (broad SMARTS) is 1. The number of benzene rings is 2. The van der Waals surface area contributed by atoms with Crippen LogP contribution in [0.1, 0.15) is 36.8 Å². The maximum atomic E-state index is 13.4. The monoisotopic (exact) mass is 379 g/mol. The van der Waals surface area contributed by atoms with Crippen molar-refractivity contribution in [2.45, 2.75) is 38.5 Å². The molecule has 1 heterocycles. The number of piperidine rings is 1. The van der Waals surface area contributed by atoms with E-state index < -0.39 is 5.97 Å². The number of nitrogens with zero attached hydrogens (tertiary/aromatic N) is 1. The number of aliphatic carboxylic acids is 1. The summed E-state index contributed by atoms with van der Waals surface area (Å²) in [5, 5.41) is 8.96. The fraction of sp³-hybridized carbons (Fsp3) is 0.417. The molecule has 28 heavy (non-hydrogen) atoms. The van der Waals surface area contributed by atoms with Gasteiger partial charge in [0, 0.05) is 25.4 Å². The molecule has 0 radical (unpaired) electrons. The SMILES string of the molecule is O=C(O)CCC1CCCN(C(=O)C(Cc2ccccc2)Cc2ccccc2)C1. The average molecular weight is 380 g/mol. The first-order chi connectivity index (χ1) is 13.6. The predicted octanol–water partition coefficient (Wildman–Crippen LogP) is 4.19. The molecule has 0 aromatic heterocycles. The first-order valence-electron chi connectivity index (χ1n) is 10.2. The van der Waals surface area contributed by atoms with Crippen molar-refractivity contribution in [1.29, 1.82) is 0 Å². The lowest BCUT2D eigenvalue weighted by molar-refractivity contribution is -0.138. The van der Waals surface area contributed by atoms with Crippen LogP contribution < -0.4 is 0 Å². The Hall–Kier alpha value is -2.62. The van der Waals surface area contributed by atoms with Crippen LogP contribution in [0, 0.1) is 11.8 Å². The first-order valence-corrected chi connectivity index (χ1v) is 10.2. The van der Waals surface area contributed by atoms with E-state index in [4.69, 9.17) is 5.11 Å². The molecule has 1 saturated heterocycles. The second-order valence-corrected chi connectivity index (χ2v) is 7.80. The van der Waals surface area contributed by atoms with Crippen molar-refractivity contribution in [3.05, 3.63) is 71.8 Å². The maximum absolute atomic E-state index is 13.4. The molecule has 1 N–H and O–H groups in total. The van der Waals surface area contributed by atoms with Crippen LogP contribution in [0.15, 0.2) is 60.7 Å². The Bertz CT molecular complexity index is 718. The highest BCUT2D eigenvalue weighted by Gasteiger charge is 2.29. The lowest BCUT2D eigenvalue weighted by Crippen LogP contribution is -2.44. The third-order valence-electron chi connectivity index (χ3n) is 5.60. The summed E-state index contributed by atoms with van der Waals surface area (Å²) in [4.78, 5) is 26.3. The number of hydrogen-bond donors (Lipinski definition) is 1. The standard InChI is InChI=1S/C24H29NO3/c26-23(27)14-13-21-12-7-15-25(18-21)24(28)22(16-19-8-3-1-4-9-19)17-20-10-5-2-6-11-20/h1-6,8-11,21-22H,7,12-18H2,(H,26,27). The van der Waals surface area contributed by atoms with Crippen LogP contribution >= 0.6 is 0 Å². The average Bonchev–Trinajstić information content (AvgIpc) is 2.73. The molecule has 1 aliphatic heterocycles. The zero-order valence-corrected chi connectivity index (χ0v) is 16.3. The summed E-state index contributed by atoms with van der Waals surface area (Å²) in [5.74, 6) is -0.354. The molecule has 1 unspecified atom stereocenters. The van der Waals surface area contributed by atoms with Crippen molar-refractivity contribution in [1.82, 2.24) is 4.90 Å². The van der Waals surface area contributed by atoms with Crippen molar-refractivity contribution in [3.63, 3.8) is 0 Å². The third kappa shape index (κ3) is 5.95. The van der Waals surface area contributed by atoms with Gasteiger partial charge in [0.05, 0.1) is 0 Å². The van der Waals surface area contributed by atoms with E-state index in [1.165, 1.54) is 11.1 Å². The number of carbonyl (C=O) groups excluding carboxylic acids is 1. The summed E-state index contributed by atoms with van der Waals surface area (Å²) in [7, 11) is 0. The molecule has 4 heteroatoms. The fourth-order valence-corrected chi connectivity index (χ4v) is 4.13. The molecule has 148 valence electrons. The Labute approximate surface area is 167 Å². The quantitative estimate of drug-likeness (QED) is 0.748. The van der Waals surface area contributed by atoms with Crippen molar-refractivity contribution in [2.75, 3.05) is 13.1 Å². The molecule has 0 saturated carbocycles. The van der Waals surface area contributed by atoms with Gasteiger partial charge in [-0.25, -0.2) is 0 Å². The minimum Gasteiger partial charge on any atom is -0.481 e. The number of likely N-dealkylation sites (tertiary alicyclic amines) is 1. The molecule has 1 amide bonds. The topological polar surface area (TPSA) is 57.6 Å². The largest absolute Gasteiger partial charge is 0.481 e. The van der Waals surface area contributed by atoms with Gasteiger partial charge in [0.15, 0.2) is 0 Å². The molecule has 4 nitrogen and oxygen atoms in total. The molecule has 3 rings (SSSR count). The van der Waals surface area contributed by atoms with E-state index in [2.05, 4.69) is 24.3 Å². The molecular formula is C24H29NO3. The molecule has 1 aliphatic rings. The van der Waals surface area contributed by atoms with Crippen LogP contribution in [0.3, 0.4) is 0 Å². The van der Waals surface area contributed by atoms with Gasteiger partial charge in [-0.15, -0.1) is 0 Å². The van der Waals surface area contributed by atoms with Crippen LogP contribution in [-0.4, -0.2) is 35.0 Å². The van der Waals surface area contributed by atoms with Crippen LogP contribution in [-0.2, 0) is 22.4 Å². The smallest absolute Gasteiger partial charge is 0.303 e. The maximum Gasteiger partial charge on any atom is 0.303 e. The van der Waals surface area contributed by atoms with Gasteiger partial charge in [-0.3, -0.25) is 9.59 Å². The second-order valence-electron chi connectivity index (χ2n) is 7.80. The van der Waals surface area contributed by atoms with Crippen LogP contribution in [0.5, 0.6) is 0 Å². The van der Waals surface area contributed by atoms with E-state index in [0.29, 0.717) is 18.9 Å². The summed E-state index contributed by atoms with van der Waals surface area (Å²) in [6.07, 6.45) is 4.26. The highest BCUT2D eigenvalue weighted by Crippen LogP contribution is 2.25. The fourth-order valence-electron chi connectivity index (χ4n) is 4.13.